The van der Waals surface area contributed by atoms with Crippen molar-refractivity contribution in [1.82, 2.24) is 4.90 Å². The third-order valence-electron chi connectivity index (χ3n) is 4.37. The molecule has 1 saturated heterocycles. The molecule has 3 rings (SSSR count). The van der Waals surface area contributed by atoms with Crippen molar-refractivity contribution in [2.24, 2.45) is 0 Å². The average molecular weight is 403 g/mol. The molecule has 0 radical (unpaired) electrons. The van der Waals surface area contributed by atoms with Gasteiger partial charge >= 0.3 is 6.03 Å². The van der Waals surface area contributed by atoms with Crippen LogP contribution in [0.2, 0.25) is 0 Å². The molecule has 0 aromatic heterocycles. The van der Waals surface area contributed by atoms with Gasteiger partial charge in [0.1, 0.15) is 0 Å². The maximum atomic E-state index is 12.5. The van der Waals surface area contributed by atoms with Crippen molar-refractivity contribution in [3.63, 3.8) is 0 Å². The van der Waals surface area contributed by atoms with E-state index in [1.807, 2.05) is 48.2 Å². The van der Waals surface area contributed by atoms with Gasteiger partial charge < -0.3 is 15.0 Å². The molecule has 2 aromatic carbocycles. The van der Waals surface area contributed by atoms with E-state index in [4.69, 9.17) is 4.74 Å². The van der Waals surface area contributed by atoms with Crippen molar-refractivity contribution >= 4 is 27.6 Å². The van der Waals surface area contributed by atoms with Crippen molar-refractivity contribution in [1.29, 1.82) is 0 Å². The Morgan fingerprint density at radius 3 is 2.64 bits per heavy atom. The zero-order chi connectivity index (χ0) is 17.6. The molecule has 0 aliphatic carbocycles. The summed E-state index contributed by atoms with van der Waals surface area (Å²) in [6.45, 7) is 4.01. The number of ether oxygens (including phenoxy) is 1. The van der Waals surface area contributed by atoms with E-state index in [-0.39, 0.29) is 12.1 Å². The number of benzene rings is 2. The van der Waals surface area contributed by atoms with Gasteiger partial charge in [-0.1, -0.05) is 45.8 Å². The first-order chi connectivity index (χ1) is 12.1. The Labute approximate surface area is 157 Å². The number of halogens is 1. The smallest absolute Gasteiger partial charge is 0.321 e. The Morgan fingerprint density at radius 2 is 1.92 bits per heavy atom. The maximum absolute atomic E-state index is 12.5. The number of carbonyl (C=O) groups excluding carboxylic acids is 1. The maximum Gasteiger partial charge on any atom is 0.321 e. The fraction of sp³-hybridized carbons (Fsp3) is 0.350. The quantitative estimate of drug-likeness (QED) is 0.783. The molecule has 4 nitrogen and oxygen atoms in total. The lowest BCUT2D eigenvalue weighted by molar-refractivity contribution is 0.00101. The molecule has 25 heavy (non-hydrogen) atoms. The van der Waals surface area contributed by atoms with Crippen LogP contribution in [0.4, 0.5) is 10.5 Å². The van der Waals surface area contributed by atoms with Gasteiger partial charge in [0.2, 0.25) is 0 Å². The standard InChI is InChI=1S/C20H23BrN2O2/c1-15-4-10-18(11-5-15)22-20(24)23-12-2-3-19(13-23)25-14-16-6-8-17(21)9-7-16/h4-11,19H,2-3,12-14H2,1H3,(H,22,24). The van der Waals surface area contributed by atoms with E-state index in [0.717, 1.165) is 35.1 Å². The van der Waals surface area contributed by atoms with E-state index in [2.05, 4.69) is 33.4 Å². The van der Waals surface area contributed by atoms with Gasteiger partial charge in [0, 0.05) is 23.2 Å². The molecule has 1 heterocycles. The van der Waals surface area contributed by atoms with E-state index in [1.54, 1.807) is 0 Å². The van der Waals surface area contributed by atoms with Gasteiger partial charge in [0.25, 0.3) is 0 Å². The minimum Gasteiger partial charge on any atom is -0.372 e. The molecular weight excluding hydrogens is 380 g/mol. The molecule has 1 N–H and O–H groups in total. The minimum atomic E-state index is -0.0548. The molecule has 2 amide bonds. The first-order valence-corrected chi connectivity index (χ1v) is 9.38. The molecule has 1 atom stereocenters. The Kier molecular flexibility index (Phi) is 6.10. The third kappa shape index (κ3) is 5.31. The average Bonchev–Trinajstić information content (AvgIpc) is 2.63. The van der Waals surface area contributed by atoms with Gasteiger partial charge in [-0.05, 0) is 49.6 Å². The van der Waals surface area contributed by atoms with Gasteiger partial charge in [0.15, 0.2) is 0 Å². The van der Waals surface area contributed by atoms with Gasteiger partial charge in [-0.25, -0.2) is 4.79 Å². The van der Waals surface area contributed by atoms with Crippen molar-refractivity contribution in [2.45, 2.75) is 32.5 Å². The van der Waals surface area contributed by atoms with E-state index < -0.39 is 0 Å². The Hall–Kier alpha value is -1.85. The van der Waals surface area contributed by atoms with Crippen LogP contribution in [0.25, 0.3) is 0 Å². The topological polar surface area (TPSA) is 41.6 Å². The van der Waals surface area contributed by atoms with Crippen LogP contribution < -0.4 is 5.32 Å². The Bertz CT molecular complexity index is 701. The molecule has 1 aliphatic heterocycles. The number of nitrogens with zero attached hydrogens (tertiary/aromatic N) is 1. The normalized spacial score (nSPS) is 17.4. The highest BCUT2D eigenvalue weighted by Crippen LogP contribution is 2.18. The summed E-state index contributed by atoms with van der Waals surface area (Å²) in [7, 11) is 0. The zero-order valence-electron chi connectivity index (χ0n) is 14.4. The number of urea groups is 1. The molecule has 1 unspecified atom stereocenters. The summed E-state index contributed by atoms with van der Waals surface area (Å²) < 4.78 is 7.08. The first-order valence-electron chi connectivity index (χ1n) is 8.59. The summed E-state index contributed by atoms with van der Waals surface area (Å²) in [6, 6.07) is 15.9. The van der Waals surface area contributed by atoms with Crippen molar-refractivity contribution in [3.8, 4) is 0 Å². The number of piperidine rings is 1. The highest BCUT2D eigenvalue weighted by molar-refractivity contribution is 9.10. The summed E-state index contributed by atoms with van der Waals surface area (Å²) >= 11 is 3.44. The second-order valence-electron chi connectivity index (χ2n) is 6.44. The zero-order valence-corrected chi connectivity index (χ0v) is 16.0. The van der Waals surface area contributed by atoms with Gasteiger partial charge in [0.05, 0.1) is 12.7 Å². The van der Waals surface area contributed by atoms with Crippen LogP contribution >= 0.6 is 15.9 Å². The molecule has 1 fully saturated rings. The lowest BCUT2D eigenvalue weighted by atomic mass is 10.1. The second kappa shape index (κ2) is 8.50. The SMILES string of the molecule is Cc1ccc(NC(=O)N2CCCC(OCc3ccc(Br)cc3)C2)cc1. The van der Waals surface area contributed by atoms with Crippen molar-refractivity contribution in [2.75, 3.05) is 18.4 Å². The largest absolute Gasteiger partial charge is 0.372 e. The fourth-order valence-electron chi connectivity index (χ4n) is 2.89. The summed E-state index contributed by atoms with van der Waals surface area (Å²) in [4.78, 5) is 14.3. The number of hydrogen-bond acceptors (Lipinski definition) is 2. The monoisotopic (exact) mass is 402 g/mol. The summed E-state index contributed by atoms with van der Waals surface area (Å²) in [5.41, 5.74) is 3.15. The van der Waals surface area contributed by atoms with Crippen LogP contribution in [0.1, 0.15) is 24.0 Å². The number of anilines is 1. The summed E-state index contributed by atoms with van der Waals surface area (Å²) in [5.74, 6) is 0. The Morgan fingerprint density at radius 1 is 1.20 bits per heavy atom. The second-order valence-corrected chi connectivity index (χ2v) is 7.36. The number of likely N-dealkylation sites (tertiary alicyclic amines) is 1. The molecule has 0 saturated carbocycles. The van der Waals surface area contributed by atoms with Crippen LogP contribution in [0.3, 0.4) is 0 Å². The number of amides is 2. The van der Waals surface area contributed by atoms with Crippen molar-refractivity contribution in [3.05, 3.63) is 64.1 Å². The predicted molar refractivity (Wildman–Crippen MR) is 104 cm³/mol. The van der Waals surface area contributed by atoms with Gasteiger partial charge in [-0.3, -0.25) is 0 Å². The predicted octanol–water partition coefficient (Wildman–Crippen LogP) is 4.97. The molecule has 5 heteroatoms. The van der Waals surface area contributed by atoms with Crippen LogP contribution in [-0.2, 0) is 11.3 Å². The third-order valence-corrected chi connectivity index (χ3v) is 4.90. The van der Waals surface area contributed by atoms with E-state index in [9.17, 15) is 4.79 Å². The number of nitrogens with one attached hydrogen (secondary N) is 1. The van der Waals surface area contributed by atoms with Crippen molar-refractivity contribution < 1.29 is 9.53 Å². The van der Waals surface area contributed by atoms with E-state index in [0.29, 0.717) is 13.2 Å². The summed E-state index contributed by atoms with van der Waals surface area (Å²) in [6.07, 6.45) is 2.04. The fourth-order valence-corrected chi connectivity index (χ4v) is 3.16. The molecule has 0 bridgehead atoms. The highest BCUT2D eigenvalue weighted by atomic mass is 79.9. The van der Waals surface area contributed by atoms with Crippen LogP contribution in [0, 0.1) is 6.92 Å². The number of aryl methyl sites for hydroxylation is 1. The first kappa shape index (κ1) is 18.0. The lowest BCUT2D eigenvalue weighted by Gasteiger charge is -2.32. The van der Waals surface area contributed by atoms with Crippen LogP contribution in [0.15, 0.2) is 53.0 Å². The van der Waals surface area contributed by atoms with E-state index in [1.165, 1.54) is 5.56 Å². The number of carbonyl (C=O) groups is 1. The molecule has 0 spiro atoms. The molecule has 2 aromatic rings. The van der Waals surface area contributed by atoms with Crippen LogP contribution in [-0.4, -0.2) is 30.1 Å². The molecular formula is C20H23BrN2O2. The lowest BCUT2D eigenvalue weighted by Crippen LogP contribution is -2.45. The summed E-state index contributed by atoms with van der Waals surface area (Å²) in [5, 5.41) is 2.97. The molecule has 132 valence electrons. The number of rotatable bonds is 4. The van der Waals surface area contributed by atoms with E-state index >= 15 is 0 Å². The number of hydrogen-bond donors (Lipinski definition) is 1. The van der Waals surface area contributed by atoms with Crippen LogP contribution in [0.5, 0.6) is 0 Å². The van der Waals surface area contributed by atoms with Gasteiger partial charge in [-0.15, -0.1) is 0 Å². The molecule has 1 aliphatic rings. The van der Waals surface area contributed by atoms with Gasteiger partial charge in [-0.2, -0.15) is 0 Å². The Balaban J connectivity index is 1.50. The minimum absolute atomic E-state index is 0.0548. The highest BCUT2D eigenvalue weighted by Gasteiger charge is 2.24.